The minimum Gasteiger partial charge on any atom is -0.489 e. The van der Waals surface area contributed by atoms with E-state index in [0.29, 0.717) is 12.5 Å². The van der Waals surface area contributed by atoms with Gasteiger partial charge in [0, 0.05) is 9.13 Å². The number of nitrogens with zero attached hydrogens (tertiary/aromatic N) is 1. The van der Waals surface area contributed by atoms with E-state index in [1.807, 2.05) is 84.9 Å². The molecule has 166 valence electrons. The lowest BCUT2D eigenvalue weighted by Crippen LogP contribution is -2.05. The number of cyclic esters (lactones) is 1. The molecule has 0 radical (unpaired) electrons. The monoisotopic (exact) mass is 557 g/mol. The number of hydrogen-bond donors (Lipinski definition) is 0. The van der Waals surface area contributed by atoms with Crippen molar-refractivity contribution in [2.45, 2.75) is 6.61 Å². The van der Waals surface area contributed by atoms with Gasteiger partial charge in [-0.1, -0.05) is 66.7 Å². The molecule has 0 unspecified atom stereocenters. The summed E-state index contributed by atoms with van der Waals surface area (Å²) >= 11 is 2.28. The van der Waals surface area contributed by atoms with Gasteiger partial charge in [-0.15, -0.1) is 0 Å². The summed E-state index contributed by atoms with van der Waals surface area (Å²) in [5.74, 6) is 0.564. The van der Waals surface area contributed by atoms with Gasteiger partial charge >= 0.3 is 5.97 Å². The first kappa shape index (κ1) is 22.1. The molecule has 4 aromatic rings. The predicted octanol–water partition coefficient (Wildman–Crippen LogP) is 6.88. The van der Waals surface area contributed by atoms with Crippen LogP contribution < -0.4 is 4.74 Å². The van der Waals surface area contributed by atoms with Crippen LogP contribution in [0.5, 0.6) is 5.75 Å². The van der Waals surface area contributed by atoms with Gasteiger partial charge in [0.2, 0.25) is 5.90 Å². The molecule has 0 aromatic heterocycles. The molecule has 0 saturated heterocycles. The molecule has 0 amide bonds. The summed E-state index contributed by atoms with van der Waals surface area (Å²) < 4.78 is 12.5. The highest BCUT2D eigenvalue weighted by molar-refractivity contribution is 14.1. The maximum absolute atomic E-state index is 12.4. The summed E-state index contributed by atoms with van der Waals surface area (Å²) in [4.78, 5) is 16.9. The Balaban J connectivity index is 1.31. The molecule has 0 aliphatic carbocycles. The molecule has 0 N–H and O–H groups in total. The van der Waals surface area contributed by atoms with E-state index >= 15 is 0 Å². The zero-order valence-corrected chi connectivity index (χ0v) is 20.3. The van der Waals surface area contributed by atoms with Gasteiger partial charge in [-0.3, -0.25) is 0 Å². The van der Waals surface area contributed by atoms with Crippen LogP contribution in [-0.2, 0) is 16.1 Å². The second-order valence-electron chi connectivity index (χ2n) is 7.77. The maximum atomic E-state index is 12.4. The minimum absolute atomic E-state index is 0.261. The van der Waals surface area contributed by atoms with Gasteiger partial charge in [-0.2, -0.15) is 0 Å². The Hall–Kier alpha value is -3.71. The highest BCUT2D eigenvalue weighted by atomic mass is 127. The van der Waals surface area contributed by atoms with Crippen molar-refractivity contribution in [2.75, 3.05) is 0 Å². The molecule has 4 nitrogen and oxygen atoms in total. The molecule has 1 heterocycles. The Bertz CT molecular complexity index is 1390. The molecule has 1 aliphatic heterocycles. The lowest BCUT2D eigenvalue weighted by molar-refractivity contribution is -0.129. The fourth-order valence-electron chi connectivity index (χ4n) is 3.61. The summed E-state index contributed by atoms with van der Waals surface area (Å²) in [5, 5.41) is 0. The van der Waals surface area contributed by atoms with E-state index in [4.69, 9.17) is 9.47 Å². The topological polar surface area (TPSA) is 47.9 Å². The highest BCUT2D eigenvalue weighted by Gasteiger charge is 2.24. The van der Waals surface area contributed by atoms with Crippen LogP contribution >= 0.6 is 22.6 Å². The van der Waals surface area contributed by atoms with E-state index in [1.54, 1.807) is 6.08 Å². The summed E-state index contributed by atoms with van der Waals surface area (Å²) in [5.41, 5.74) is 5.15. The number of ether oxygens (including phenoxy) is 2. The number of benzene rings is 4. The van der Waals surface area contributed by atoms with Gasteiger partial charge in [-0.05, 0) is 87.3 Å². The number of aliphatic imine (C=N–C) groups is 1. The maximum Gasteiger partial charge on any atom is 0.363 e. The van der Waals surface area contributed by atoms with Crippen LogP contribution in [0.3, 0.4) is 0 Å². The van der Waals surface area contributed by atoms with Crippen LogP contribution in [0.4, 0.5) is 0 Å². The van der Waals surface area contributed by atoms with E-state index in [9.17, 15) is 4.79 Å². The van der Waals surface area contributed by atoms with Crippen molar-refractivity contribution in [1.82, 2.24) is 0 Å². The number of halogens is 1. The molecule has 5 heteroatoms. The minimum atomic E-state index is -0.465. The van der Waals surface area contributed by atoms with E-state index in [2.05, 4.69) is 45.8 Å². The highest BCUT2D eigenvalue weighted by Crippen LogP contribution is 2.24. The molecular weight excluding hydrogens is 537 g/mol. The van der Waals surface area contributed by atoms with Crippen molar-refractivity contribution >= 4 is 40.5 Å². The third-order valence-corrected chi connectivity index (χ3v) is 5.99. The third-order valence-electron chi connectivity index (χ3n) is 5.32. The molecule has 0 fully saturated rings. The zero-order valence-electron chi connectivity index (χ0n) is 18.1. The number of hydrogen-bond acceptors (Lipinski definition) is 4. The van der Waals surface area contributed by atoms with Crippen molar-refractivity contribution in [3.05, 3.63) is 129 Å². The molecule has 0 bridgehead atoms. The quantitative estimate of drug-likeness (QED) is 0.148. The normalized spacial score (nSPS) is 14.1. The Morgan fingerprint density at radius 2 is 1.53 bits per heavy atom. The van der Waals surface area contributed by atoms with Crippen molar-refractivity contribution in [2.24, 2.45) is 4.99 Å². The summed E-state index contributed by atoms with van der Waals surface area (Å²) in [6.07, 6.45) is 1.71. The molecule has 0 atom stereocenters. The smallest absolute Gasteiger partial charge is 0.363 e. The third kappa shape index (κ3) is 5.26. The van der Waals surface area contributed by atoms with Gasteiger partial charge in [0.25, 0.3) is 0 Å². The number of rotatable bonds is 6. The fraction of sp³-hybridized carbons (Fsp3) is 0.0345. The van der Waals surface area contributed by atoms with Gasteiger partial charge in [0.15, 0.2) is 5.70 Å². The van der Waals surface area contributed by atoms with Crippen molar-refractivity contribution < 1.29 is 14.3 Å². The van der Waals surface area contributed by atoms with Crippen LogP contribution in [0.15, 0.2) is 114 Å². The lowest BCUT2D eigenvalue weighted by Gasteiger charge is -2.07. The Kier molecular flexibility index (Phi) is 6.53. The van der Waals surface area contributed by atoms with Crippen LogP contribution in [0, 0.1) is 3.57 Å². The van der Waals surface area contributed by atoms with Crippen LogP contribution in [0.1, 0.15) is 16.7 Å². The van der Waals surface area contributed by atoms with E-state index < -0.39 is 5.97 Å². The van der Waals surface area contributed by atoms with Crippen LogP contribution in [0.2, 0.25) is 0 Å². The number of carbonyl (C=O) groups is 1. The van der Waals surface area contributed by atoms with Crippen molar-refractivity contribution in [3.63, 3.8) is 0 Å². The number of esters is 1. The second kappa shape index (κ2) is 10.1. The van der Waals surface area contributed by atoms with E-state index in [1.165, 1.54) is 3.57 Å². The Morgan fingerprint density at radius 3 is 2.32 bits per heavy atom. The first-order chi connectivity index (χ1) is 16.6. The first-order valence-electron chi connectivity index (χ1n) is 10.8. The average molecular weight is 557 g/mol. The van der Waals surface area contributed by atoms with E-state index in [0.717, 1.165) is 33.6 Å². The molecular formula is C29H20INO3. The zero-order chi connectivity index (χ0) is 23.3. The Labute approximate surface area is 211 Å². The number of carbonyl (C=O) groups excluding carboxylic acids is 1. The SMILES string of the molecule is O=C1OC(c2ccc(-c3ccccc3)cc2)=N/C1=C\c1cccc(OCc2cccc(I)c2)c1. The Morgan fingerprint density at radius 1 is 0.794 bits per heavy atom. The fourth-order valence-corrected chi connectivity index (χ4v) is 4.22. The van der Waals surface area contributed by atoms with Crippen LogP contribution in [0.25, 0.3) is 17.2 Å². The largest absolute Gasteiger partial charge is 0.489 e. The molecule has 5 rings (SSSR count). The molecule has 1 aliphatic rings. The standard InChI is InChI=1S/C29H20INO3/c30-25-10-4-7-21(16-25)19-33-26-11-5-6-20(17-26)18-27-29(32)34-28(31-27)24-14-12-23(13-15-24)22-8-2-1-3-9-22/h1-18H,19H2/b27-18-. The molecule has 0 spiro atoms. The summed E-state index contributed by atoms with van der Waals surface area (Å²) in [6, 6.07) is 33.7. The van der Waals surface area contributed by atoms with Gasteiger partial charge in [-0.25, -0.2) is 9.79 Å². The van der Waals surface area contributed by atoms with E-state index in [-0.39, 0.29) is 5.70 Å². The molecule has 34 heavy (non-hydrogen) atoms. The van der Waals surface area contributed by atoms with Gasteiger partial charge < -0.3 is 9.47 Å². The second-order valence-corrected chi connectivity index (χ2v) is 9.02. The molecule has 0 saturated carbocycles. The predicted molar refractivity (Wildman–Crippen MR) is 142 cm³/mol. The van der Waals surface area contributed by atoms with Crippen molar-refractivity contribution in [3.8, 4) is 16.9 Å². The first-order valence-corrected chi connectivity index (χ1v) is 11.9. The van der Waals surface area contributed by atoms with Crippen LogP contribution in [-0.4, -0.2) is 11.9 Å². The van der Waals surface area contributed by atoms with Crippen molar-refractivity contribution in [1.29, 1.82) is 0 Å². The van der Waals surface area contributed by atoms with Gasteiger partial charge in [0.05, 0.1) is 0 Å². The molecule has 4 aromatic carbocycles. The summed E-state index contributed by atoms with van der Waals surface area (Å²) in [6.45, 7) is 0.472. The van der Waals surface area contributed by atoms with Gasteiger partial charge in [0.1, 0.15) is 12.4 Å². The average Bonchev–Trinajstić information content (AvgIpc) is 3.23. The summed E-state index contributed by atoms with van der Waals surface area (Å²) in [7, 11) is 0. The lowest BCUT2D eigenvalue weighted by atomic mass is 10.0.